The summed E-state index contributed by atoms with van der Waals surface area (Å²) in [6.07, 6.45) is 2.42. The number of ether oxygens (including phenoxy) is 5. The number of methoxy groups -OCH3 is 3. The topological polar surface area (TPSA) is 66.5 Å². The third-order valence-corrected chi connectivity index (χ3v) is 6.65. The van der Waals surface area contributed by atoms with Gasteiger partial charge in [-0.25, -0.2) is 4.39 Å². The molecule has 37 heavy (non-hydrogen) atoms. The number of rotatable bonds is 7. The lowest BCUT2D eigenvalue weighted by atomic mass is 9.99. The molecule has 0 saturated heterocycles. The molecule has 2 aliphatic rings. The van der Waals surface area contributed by atoms with Gasteiger partial charge in [0.15, 0.2) is 17.3 Å². The van der Waals surface area contributed by atoms with E-state index in [4.69, 9.17) is 23.7 Å². The van der Waals surface area contributed by atoms with Crippen molar-refractivity contribution in [2.45, 2.75) is 19.9 Å². The standard InChI is InChI=1S/C29H28FNO6/c1-17-28-20(15-31(16-36-28)10-9-18-5-7-21(30)8-6-18)11-22-27(32)26(37-29(17)22)13-19-12-24(34-3)25(35-4)14-23(19)33-2/h5-8,11-14H,9-10,15-16H2,1-4H3/b26-13-. The first-order chi connectivity index (χ1) is 17.9. The number of allylic oxidation sites excluding steroid dienone is 1. The predicted molar refractivity (Wildman–Crippen MR) is 136 cm³/mol. The van der Waals surface area contributed by atoms with Gasteiger partial charge in [0.25, 0.3) is 0 Å². The van der Waals surface area contributed by atoms with Crippen LogP contribution in [-0.2, 0) is 13.0 Å². The van der Waals surface area contributed by atoms with E-state index in [1.54, 1.807) is 51.7 Å². The maximum Gasteiger partial charge on any atom is 0.231 e. The van der Waals surface area contributed by atoms with Crippen molar-refractivity contribution in [3.8, 4) is 28.7 Å². The largest absolute Gasteiger partial charge is 0.496 e. The predicted octanol–water partition coefficient (Wildman–Crippen LogP) is 5.17. The van der Waals surface area contributed by atoms with Gasteiger partial charge in [-0.15, -0.1) is 0 Å². The highest BCUT2D eigenvalue weighted by molar-refractivity contribution is 6.15. The molecule has 0 aliphatic carbocycles. The Morgan fingerprint density at radius 3 is 2.38 bits per heavy atom. The summed E-state index contributed by atoms with van der Waals surface area (Å²) in [5.74, 6) is 2.55. The summed E-state index contributed by atoms with van der Waals surface area (Å²) in [6, 6.07) is 11.8. The van der Waals surface area contributed by atoms with Crippen LogP contribution in [0.3, 0.4) is 0 Å². The van der Waals surface area contributed by atoms with Crippen LogP contribution >= 0.6 is 0 Å². The van der Waals surface area contributed by atoms with E-state index in [0.717, 1.165) is 35.4 Å². The molecule has 0 aromatic heterocycles. The molecular formula is C29H28FNO6. The molecule has 8 heteroatoms. The van der Waals surface area contributed by atoms with Crippen molar-refractivity contribution in [1.29, 1.82) is 0 Å². The smallest absolute Gasteiger partial charge is 0.231 e. The lowest BCUT2D eigenvalue weighted by Crippen LogP contribution is -2.34. The number of carbonyl (C=O) groups is 1. The van der Waals surface area contributed by atoms with Gasteiger partial charge in [0.2, 0.25) is 5.78 Å². The van der Waals surface area contributed by atoms with E-state index >= 15 is 0 Å². The summed E-state index contributed by atoms with van der Waals surface area (Å²) in [5.41, 5.74) is 3.92. The average molecular weight is 506 g/mol. The summed E-state index contributed by atoms with van der Waals surface area (Å²) in [5, 5.41) is 0. The van der Waals surface area contributed by atoms with Gasteiger partial charge in [0.05, 0.1) is 26.9 Å². The summed E-state index contributed by atoms with van der Waals surface area (Å²) in [6.45, 7) is 3.71. The van der Waals surface area contributed by atoms with Crippen LogP contribution in [0, 0.1) is 12.7 Å². The van der Waals surface area contributed by atoms with Crippen molar-refractivity contribution in [3.63, 3.8) is 0 Å². The van der Waals surface area contributed by atoms with Crippen LogP contribution in [0.4, 0.5) is 4.39 Å². The number of ketones is 1. The average Bonchev–Trinajstić information content (AvgIpc) is 3.23. The van der Waals surface area contributed by atoms with Crippen LogP contribution < -0.4 is 23.7 Å². The van der Waals surface area contributed by atoms with E-state index in [-0.39, 0.29) is 17.4 Å². The van der Waals surface area contributed by atoms with Crippen molar-refractivity contribution >= 4 is 11.9 Å². The zero-order valence-electron chi connectivity index (χ0n) is 21.2. The van der Waals surface area contributed by atoms with Crippen molar-refractivity contribution in [2.75, 3.05) is 34.6 Å². The molecule has 5 rings (SSSR count). The molecule has 3 aromatic rings. The molecular weight excluding hydrogens is 477 g/mol. The quantitative estimate of drug-likeness (QED) is 0.411. The Hall–Kier alpha value is -4.04. The molecule has 192 valence electrons. The first-order valence-corrected chi connectivity index (χ1v) is 11.9. The summed E-state index contributed by atoms with van der Waals surface area (Å²) in [4.78, 5) is 15.5. The molecule has 0 unspecified atom stereocenters. The van der Waals surface area contributed by atoms with Crippen molar-refractivity contribution in [3.05, 3.63) is 81.9 Å². The van der Waals surface area contributed by atoms with E-state index < -0.39 is 0 Å². The molecule has 0 saturated carbocycles. The second-order valence-electron chi connectivity index (χ2n) is 8.96. The minimum atomic E-state index is -0.242. The van der Waals surface area contributed by atoms with Crippen molar-refractivity contribution < 1.29 is 32.9 Å². The molecule has 0 fully saturated rings. The normalized spacial score (nSPS) is 15.6. The van der Waals surface area contributed by atoms with E-state index in [1.165, 1.54) is 12.1 Å². The Kier molecular flexibility index (Phi) is 6.76. The number of hydrogen-bond donors (Lipinski definition) is 0. The Bertz CT molecular complexity index is 1380. The first-order valence-electron chi connectivity index (χ1n) is 11.9. The zero-order chi connectivity index (χ0) is 26.1. The van der Waals surface area contributed by atoms with Gasteiger partial charge in [-0.05, 0) is 49.2 Å². The van der Waals surface area contributed by atoms with Gasteiger partial charge < -0.3 is 23.7 Å². The molecule has 2 heterocycles. The molecule has 0 spiro atoms. The van der Waals surface area contributed by atoms with Gasteiger partial charge in [-0.2, -0.15) is 0 Å². The third-order valence-electron chi connectivity index (χ3n) is 6.65. The number of benzene rings is 3. The molecule has 0 bridgehead atoms. The number of hydrogen-bond acceptors (Lipinski definition) is 7. The van der Waals surface area contributed by atoms with Gasteiger partial charge in [-0.3, -0.25) is 9.69 Å². The summed E-state index contributed by atoms with van der Waals surface area (Å²) >= 11 is 0. The van der Waals surface area contributed by atoms with Gasteiger partial charge in [0, 0.05) is 35.8 Å². The Balaban J connectivity index is 1.39. The maximum absolute atomic E-state index is 13.4. The van der Waals surface area contributed by atoms with Gasteiger partial charge in [-0.1, -0.05) is 12.1 Å². The van der Waals surface area contributed by atoms with E-state index in [0.29, 0.717) is 47.4 Å². The molecule has 0 amide bonds. The lowest BCUT2D eigenvalue weighted by molar-refractivity contribution is 0.0954. The SMILES string of the molecule is COc1cc(OC)c(OC)cc1/C=C1\Oc2c(cc3c(c2C)OCN(CCc2ccc(F)cc2)C3)C1=O. The summed E-state index contributed by atoms with van der Waals surface area (Å²) in [7, 11) is 4.64. The molecule has 3 aromatic carbocycles. The number of Topliss-reactive ketones (excluding diaryl/α,β-unsaturated/α-hetero) is 1. The number of carbonyl (C=O) groups excluding carboxylic acids is 1. The fourth-order valence-corrected chi connectivity index (χ4v) is 4.69. The second-order valence-corrected chi connectivity index (χ2v) is 8.96. The fraction of sp³-hybridized carbons (Fsp3) is 0.276. The number of halogens is 1. The second kappa shape index (κ2) is 10.1. The van der Waals surface area contributed by atoms with Crippen LogP contribution in [-0.4, -0.2) is 45.3 Å². The lowest BCUT2D eigenvalue weighted by Gasteiger charge is -2.30. The van der Waals surface area contributed by atoms with Crippen LogP contribution in [0.5, 0.6) is 28.7 Å². The maximum atomic E-state index is 13.4. The van der Waals surface area contributed by atoms with Crippen LogP contribution in [0.25, 0.3) is 6.08 Å². The molecule has 0 atom stereocenters. The van der Waals surface area contributed by atoms with Crippen LogP contribution in [0.2, 0.25) is 0 Å². The van der Waals surface area contributed by atoms with E-state index in [2.05, 4.69) is 4.90 Å². The Morgan fingerprint density at radius 1 is 0.973 bits per heavy atom. The van der Waals surface area contributed by atoms with Gasteiger partial charge in [0.1, 0.15) is 29.8 Å². The Morgan fingerprint density at radius 2 is 1.68 bits per heavy atom. The highest BCUT2D eigenvalue weighted by atomic mass is 19.1. The molecule has 7 nitrogen and oxygen atoms in total. The van der Waals surface area contributed by atoms with Crippen molar-refractivity contribution in [1.82, 2.24) is 4.90 Å². The highest BCUT2D eigenvalue weighted by Crippen LogP contribution is 2.44. The third kappa shape index (κ3) is 4.72. The first kappa shape index (κ1) is 24.6. The zero-order valence-corrected chi connectivity index (χ0v) is 21.2. The minimum Gasteiger partial charge on any atom is -0.496 e. The minimum absolute atomic E-state index is 0.194. The van der Waals surface area contributed by atoms with Crippen LogP contribution in [0.1, 0.15) is 32.6 Å². The van der Waals surface area contributed by atoms with E-state index in [9.17, 15) is 9.18 Å². The monoisotopic (exact) mass is 505 g/mol. The van der Waals surface area contributed by atoms with Gasteiger partial charge >= 0.3 is 0 Å². The summed E-state index contributed by atoms with van der Waals surface area (Å²) < 4.78 is 41.6. The van der Waals surface area contributed by atoms with Crippen molar-refractivity contribution in [2.24, 2.45) is 0 Å². The molecule has 0 radical (unpaired) electrons. The van der Waals surface area contributed by atoms with E-state index in [1.807, 2.05) is 13.0 Å². The van der Waals surface area contributed by atoms with Crippen LogP contribution in [0.15, 0.2) is 48.2 Å². The highest BCUT2D eigenvalue weighted by Gasteiger charge is 2.34. The fourth-order valence-electron chi connectivity index (χ4n) is 4.69. The number of fused-ring (bicyclic) bond motifs is 2. The number of nitrogens with zero attached hydrogens (tertiary/aromatic N) is 1. The molecule has 0 N–H and O–H groups in total. The Labute approximate surface area is 215 Å². The molecule has 2 aliphatic heterocycles.